The van der Waals surface area contributed by atoms with E-state index in [0.717, 1.165) is 29.2 Å². The van der Waals surface area contributed by atoms with Crippen LogP contribution in [0.3, 0.4) is 0 Å². The fourth-order valence-electron chi connectivity index (χ4n) is 2.72. The predicted octanol–water partition coefficient (Wildman–Crippen LogP) is 2.46. The van der Waals surface area contributed by atoms with Gasteiger partial charge >= 0.3 is 0 Å². The molecule has 1 aromatic heterocycles. The highest BCUT2D eigenvalue weighted by Crippen LogP contribution is 2.23. The van der Waals surface area contributed by atoms with Crippen molar-refractivity contribution in [3.8, 4) is 0 Å². The maximum Gasteiger partial charge on any atom is 0.232 e. The van der Waals surface area contributed by atoms with Crippen LogP contribution >= 0.6 is 0 Å². The third kappa shape index (κ3) is 3.58. The van der Waals surface area contributed by atoms with Gasteiger partial charge in [0.2, 0.25) is 21.4 Å². The molecule has 0 fully saturated rings. The van der Waals surface area contributed by atoms with Crippen LogP contribution in [0.25, 0.3) is 32.8 Å². The Morgan fingerprint density at radius 1 is 0.960 bits per heavy atom. The predicted molar refractivity (Wildman–Crippen MR) is 94.6 cm³/mol. The van der Waals surface area contributed by atoms with E-state index in [-0.39, 0.29) is 0 Å². The summed E-state index contributed by atoms with van der Waals surface area (Å²) in [6.07, 6.45) is 0. The van der Waals surface area contributed by atoms with Crippen molar-refractivity contribution in [2.45, 2.75) is 0 Å². The number of hydrogen-bond acceptors (Lipinski definition) is 5. The topological polar surface area (TPSA) is 83.2 Å². The molecule has 4 aromatic rings. The summed E-state index contributed by atoms with van der Waals surface area (Å²) in [7, 11) is -1.51. The van der Waals surface area contributed by atoms with Crippen molar-refractivity contribution in [2.24, 2.45) is 7.05 Å². The van der Waals surface area contributed by atoms with E-state index < -0.39 is 10.4 Å². The summed E-state index contributed by atoms with van der Waals surface area (Å²) in [4.78, 5) is 4.85. The SMILES string of the molecule is COS(=O)(=O)[O-].C[n+]1c2ccccc2nc2c3ccccc3ccc21. The summed E-state index contributed by atoms with van der Waals surface area (Å²) in [6.45, 7) is 0. The zero-order chi connectivity index (χ0) is 18.0. The van der Waals surface area contributed by atoms with Crippen LogP contribution in [0.15, 0.2) is 60.7 Å². The lowest BCUT2D eigenvalue weighted by atomic mass is 10.1. The third-order valence-corrected chi connectivity index (χ3v) is 4.33. The van der Waals surface area contributed by atoms with Crippen LogP contribution in [0.1, 0.15) is 0 Å². The van der Waals surface area contributed by atoms with Gasteiger partial charge in [-0.25, -0.2) is 13.4 Å². The molecule has 0 bridgehead atoms. The number of para-hydroxylation sites is 2. The first-order chi connectivity index (χ1) is 11.9. The Labute approximate surface area is 145 Å². The van der Waals surface area contributed by atoms with E-state index in [4.69, 9.17) is 4.98 Å². The lowest BCUT2D eigenvalue weighted by Gasteiger charge is -2.04. The fraction of sp³-hybridized carbons (Fsp3) is 0.111. The van der Waals surface area contributed by atoms with E-state index in [2.05, 4.69) is 70.4 Å². The van der Waals surface area contributed by atoms with Gasteiger partial charge in [0.25, 0.3) is 0 Å². The van der Waals surface area contributed by atoms with Gasteiger partial charge in [0.15, 0.2) is 0 Å². The van der Waals surface area contributed by atoms with E-state index in [1.54, 1.807) is 0 Å². The lowest BCUT2D eigenvalue weighted by molar-refractivity contribution is -0.617. The molecular weight excluding hydrogens is 340 g/mol. The monoisotopic (exact) mass is 356 g/mol. The summed E-state index contributed by atoms with van der Waals surface area (Å²) < 4.78 is 33.2. The Morgan fingerprint density at radius 3 is 2.32 bits per heavy atom. The molecule has 6 nitrogen and oxygen atoms in total. The highest BCUT2D eigenvalue weighted by atomic mass is 32.3. The number of rotatable bonds is 1. The molecule has 3 aromatic carbocycles. The van der Waals surface area contributed by atoms with E-state index >= 15 is 0 Å². The van der Waals surface area contributed by atoms with E-state index in [9.17, 15) is 13.0 Å². The second kappa shape index (κ2) is 6.72. The summed E-state index contributed by atoms with van der Waals surface area (Å²) in [6, 6.07) is 21.0. The van der Waals surface area contributed by atoms with Gasteiger partial charge in [-0.2, -0.15) is 4.57 Å². The largest absolute Gasteiger partial charge is 0.726 e. The Balaban J connectivity index is 0.000000265. The molecule has 0 aliphatic rings. The number of hydrogen-bond donors (Lipinski definition) is 0. The average molecular weight is 356 g/mol. The second-order valence-corrected chi connectivity index (χ2v) is 6.54. The molecule has 0 aliphatic heterocycles. The van der Waals surface area contributed by atoms with Crippen molar-refractivity contribution in [1.82, 2.24) is 4.98 Å². The first-order valence-corrected chi connectivity index (χ1v) is 8.82. The highest BCUT2D eigenvalue weighted by molar-refractivity contribution is 7.80. The van der Waals surface area contributed by atoms with Gasteiger partial charge in [-0.15, -0.1) is 0 Å². The van der Waals surface area contributed by atoms with Gasteiger partial charge in [0.1, 0.15) is 18.1 Å². The number of aryl methyl sites for hydroxylation is 1. The Bertz CT molecular complexity index is 1170. The van der Waals surface area contributed by atoms with Crippen molar-refractivity contribution >= 4 is 43.2 Å². The molecule has 128 valence electrons. The van der Waals surface area contributed by atoms with E-state index in [0.29, 0.717) is 0 Å². The first kappa shape index (κ1) is 17.2. The van der Waals surface area contributed by atoms with Crippen LogP contribution in [0, 0.1) is 0 Å². The average Bonchev–Trinajstić information content (AvgIpc) is 2.62. The van der Waals surface area contributed by atoms with Crippen molar-refractivity contribution in [3.63, 3.8) is 0 Å². The van der Waals surface area contributed by atoms with Crippen molar-refractivity contribution in [2.75, 3.05) is 7.11 Å². The minimum Gasteiger partial charge on any atom is -0.726 e. The second-order valence-electron chi connectivity index (χ2n) is 5.39. The zero-order valence-corrected chi connectivity index (χ0v) is 14.5. The Hall–Kier alpha value is -2.61. The number of aromatic nitrogens is 2. The van der Waals surface area contributed by atoms with Gasteiger partial charge in [0.05, 0.1) is 7.11 Å². The van der Waals surface area contributed by atoms with Crippen LogP contribution < -0.4 is 4.57 Å². The molecule has 0 unspecified atom stereocenters. The van der Waals surface area contributed by atoms with Gasteiger partial charge in [-0.3, -0.25) is 4.18 Å². The Morgan fingerprint density at radius 2 is 1.60 bits per heavy atom. The maximum atomic E-state index is 9.22. The zero-order valence-electron chi connectivity index (χ0n) is 13.7. The molecular formula is C18H16N2O4S. The van der Waals surface area contributed by atoms with Gasteiger partial charge in [-0.05, 0) is 17.5 Å². The normalized spacial score (nSPS) is 11.5. The number of fused-ring (bicyclic) bond motifs is 4. The van der Waals surface area contributed by atoms with E-state index in [1.807, 2.05) is 6.07 Å². The van der Waals surface area contributed by atoms with Crippen LogP contribution in [0.2, 0.25) is 0 Å². The molecule has 0 radical (unpaired) electrons. The lowest BCUT2D eigenvalue weighted by Crippen LogP contribution is -2.30. The molecule has 25 heavy (non-hydrogen) atoms. The molecule has 0 saturated heterocycles. The standard InChI is InChI=1S/C17H13N2.CH4O4S/c1-19-15-9-5-4-8-14(15)18-17-13-7-3-2-6-12(13)10-11-16(17)19;1-5-6(2,3)4/h2-11H,1H3;1H3,(H,2,3,4)/q+1;/p-1. The third-order valence-electron chi connectivity index (χ3n) is 3.92. The molecule has 0 aliphatic carbocycles. The minimum absolute atomic E-state index is 0.808. The first-order valence-electron chi connectivity index (χ1n) is 7.48. The Kier molecular flexibility index (Phi) is 4.63. The van der Waals surface area contributed by atoms with Gasteiger partial charge < -0.3 is 4.55 Å². The molecule has 7 heteroatoms. The van der Waals surface area contributed by atoms with Crippen LogP contribution in [0.5, 0.6) is 0 Å². The van der Waals surface area contributed by atoms with Crippen molar-refractivity contribution < 1.29 is 21.7 Å². The quantitative estimate of drug-likeness (QED) is 0.172. The number of nitrogens with zero attached hydrogens (tertiary/aromatic N) is 2. The van der Waals surface area contributed by atoms with Crippen LogP contribution in [0.4, 0.5) is 0 Å². The number of benzene rings is 3. The summed E-state index contributed by atoms with van der Waals surface area (Å²) in [5, 5.41) is 2.44. The van der Waals surface area contributed by atoms with Gasteiger partial charge in [-0.1, -0.05) is 36.4 Å². The molecule has 1 heterocycles. The van der Waals surface area contributed by atoms with Crippen molar-refractivity contribution in [3.05, 3.63) is 60.7 Å². The fourth-order valence-corrected chi connectivity index (χ4v) is 2.72. The maximum absolute atomic E-state index is 9.22. The smallest absolute Gasteiger partial charge is 0.232 e. The summed E-state index contributed by atoms with van der Waals surface area (Å²) in [5.41, 5.74) is 4.43. The minimum atomic E-state index is -4.41. The van der Waals surface area contributed by atoms with Gasteiger partial charge in [0, 0.05) is 17.5 Å². The summed E-state index contributed by atoms with van der Waals surface area (Å²) >= 11 is 0. The van der Waals surface area contributed by atoms with Crippen molar-refractivity contribution in [1.29, 1.82) is 0 Å². The van der Waals surface area contributed by atoms with Crippen LogP contribution in [-0.2, 0) is 21.6 Å². The summed E-state index contributed by atoms with van der Waals surface area (Å²) in [5.74, 6) is 0. The molecule has 0 atom stereocenters. The van der Waals surface area contributed by atoms with Crippen LogP contribution in [-0.4, -0.2) is 25.1 Å². The highest BCUT2D eigenvalue weighted by Gasteiger charge is 2.14. The molecule has 0 N–H and O–H groups in total. The molecule has 4 rings (SSSR count). The molecule has 0 saturated carbocycles. The van der Waals surface area contributed by atoms with E-state index in [1.165, 1.54) is 10.8 Å². The molecule has 0 amide bonds. The molecule has 0 spiro atoms.